The van der Waals surface area contributed by atoms with Crippen molar-refractivity contribution in [1.82, 2.24) is 9.62 Å². The molecule has 100 valence electrons. The van der Waals surface area contributed by atoms with Gasteiger partial charge in [0.2, 0.25) is 10.0 Å². The zero-order chi connectivity index (χ0) is 12.5. The van der Waals surface area contributed by atoms with Crippen molar-refractivity contribution >= 4 is 10.0 Å². The van der Waals surface area contributed by atoms with Crippen LogP contribution in [0.2, 0.25) is 0 Å². The lowest BCUT2D eigenvalue weighted by molar-refractivity contribution is 0.202. The Bertz CT molecular complexity index is 352. The average molecular weight is 260 g/mol. The molecule has 0 spiro atoms. The first kappa shape index (κ1) is 13.3. The fourth-order valence-electron chi connectivity index (χ4n) is 2.62. The van der Waals surface area contributed by atoms with Crippen LogP contribution in [-0.2, 0) is 10.0 Å². The van der Waals surface area contributed by atoms with E-state index in [1.165, 1.54) is 19.1 Å². The van der Waals surface area contributed by atoms with E-state index >= 15 is 0 Å². The number of rotatable bonds is 5. The van der Waals surface area contributed by atoms with Gasteiger partial charge in [0.05, 0.1) is 6.26 Å². The molecule has 17 heavy (non-hydrogen) atoms. The molecule has 1 saturated heterocycles. The maximum Gasteiger partial charge on any atom is 0.211 e. The quantitative estimate of drug-likeness (QED) is 0.804. The van der Waals surface area contributed by atoms with E-state index in [1.54, 1.807) is 4.31 Å². The molecular weight excluding hydrogens is 236 g/mol. The van der Waals surface area contributed by atoms with Crippen molar-refractivity contribution < 1.29 is 8.42 Å². The first-order valence-electron chi connectivity index (χ1n) is 6.69. The maximum atomic E-state index is 11.5. The van der Waals surface area contributed by atoms with Gasteiger partial charge in [0, 0.05) is 19.1 Å². The van der Waals surface area contributed by atoms with Crippen molar-refractivity contribution in [2.45, 2.75) is 38.6 Å². The largest absolute Gasteiger partial charge is 0.313 e. The van der Waals surface area contributed by atoms with Crippen LogP contribution in [-0.4, -0.2) is 44.7 Å². The second kappa shape index (κ2) is 5.24. The Morgan fingerprint density at radius 1 is 1.29 bits per heavy atom. The van der Waals surface area contributed by atoms with E-state index in [1.807, 2.05) is 0 Å². The van der Waals surface area contributed by atoms with E-state index in [0.717, 1.165) is 25.3 Å². The van der Waals surface area contributed by atoms with Crippen LogP contribution in [0, 0.1) is 11.8 Å². The standard InChI is InChI=1S/C12H24N2O2S/c1-3-11-9-14(17(2,15)16)7-6-12(11)13-8-10-4-5-10/h10-13H,3-9H2,1-2H3/t11-,12+/m0/s1. The number of piperidine rings is 1. The first-order chi connectivity index (χ1) is 8.00. The monoisotopic (exact) mass is 260 g/mol. The van der Waals surface area contributed by atoms with Crippen LogP contribution in [0.15, 0.2) is 0 Å². The van der Waals surface area contributed by atoms with Gasteiger partial charge in [-0.2, -0.15) is 0 Å². The molecule has 2 atom stereocenters. The summed E-state index contributed by atoms with van der Waals surface area (Å²) in [6.07, 6.45) is 6.06. The van der Waals surface area contributed by atoms with E-state index in [9.17, 15) is 8.42 Å². The normalized spacial score (nSPS) is 31.6. The van der Waals surface area contributed by atoms with Crippen molar-refractivity contribution in [3.8, 4) is 0 Å². The Kier molecular flexibility index (Phi) is 4.10. The molecule has 0 amide bonds. The van der Waals surface area contributed by atoms with E-state index < -0.39 is 10.0 Å². The summed E-state index contributed by atoms with van der Waals surface area (Å²) >= 11 is 0. The summed E-state index contributed by atoms with van der Waals surface area (Å²) in [6, 6.07) is 0.513. The topological polar surface area (TPSA) is 49.4 Å². The number of nitrogens with zero attached hydrogens (tertiary/aromatic N) is 1. The summed E-state index contributed by atoms with van der Waals surface area (Å²) in [6.45, 7) is 4.65. The van der Waals surface area contributed by atoms with Crippen molar-refractivity contribution in [2.24, 2.45) is 11.8 Å². The van der Waals surface area contributed by atoms with E-state index in [4.69, 9.17) is 0 Å². The van der Waals surface area contributed by atoms with E-state index in [0.29, 0.717) is 25.0 Å². The van der Waals surface area contributed by atoms with E-state index in [2.05, 4.69) is 12.2 Å². The molecule has 0 aromatic carbocycles. The average Bonchev–Trinajstić information content (AvgIpc) is 3.08. The van der Waals surface area contributed by atoms with Gasteiger partial charge in [-0.15, -0.1) is 0 Å². The van der Waals surface area contributed by atoms with Gasteiger partial charge in [-0.3, -0.25) is 0 Å². The third-order valence-corrected chi connectivity index (χ3v) is 5.33. The van der Waals surface area contributed by atoms with E-state index in [-0.39, 0.29) is 0 Å². The molecule has 0 bridgehead atoms. The lowest BCUT2D eigenvalue weighted by Gasteiger charge is -2.37. The first-order valence-corrected chi connectivity index (χ1v) is 8.54. The molecule has 1 saturated carbocycles. The number of sulfonamides is 1. The lowest BCUT2D eigenvalue weighted by Crippen LogP contribution is -2.50. The molecule has 1 aliphatic heterocycles. The molecule has 2 rings (SSSR count). The highest BCUT2D eigenvalue weighted by Gasteiger charge is 2.32. The predicted octanol–water partition coefficient (Wildman–Crippen LogP) is 1.05. The van der Waals surface area contributed by atoms with Gasteiger partial charge in [-0.1, -0.05) is 13.3 Å². The summed E-state index contributed by atoms with van der Waals surface area (Å²) in [7, 11) is -3.01. The fraction of sp³-hybridized carbons (Fsp3) is 1.00. The highest BCUT2D eigenvalue weighted by atomic mass is 32.2. The van der Waals surface area contributed by atoms with Gasteiger partial charge in [0.15, 0.2) is 0 Å². The van der Waals surface area contributed by atoms with Crippen molar-refractivity contribution in [1.29, 1.82) is 0 Å². The number of nitrogens with one attached hydrogen (secondary N) is 1. The van der Waals surface area contributed by atoms with Crippen LogP contribution >= 0.6 is 0 Å². The molecule has 1 N–H and O–H groups in total. The Balaban J connectivity index is 1.88. The van der Waals surface area contributed by atoms with Crippen LogP contribution in [0.5, 0.6) is 0 Å². The molecule has 1 heterocycles. The molecule has 2 fully saturated rings. The Morgan fingerprint density at radius 2 is 2.00 bits per heavy atom. The zero-order valence-corrected chi connectivity index (χ0v) is 11.7. The molecular formula is C12H24N2O2S. The van der Waals surface area contributed by atoms with Crippen LogP contribution in [0.1, 0.15) is 32.6 Å². The third-order valence-electron chi connectivity index (χ3n) is 4.06. The Labute approximate surface area is 105 Å². The van der Waals surface area contributed by atoms with Crippen molar-refractivity contribution in [2.75, 3.05) is 25.9 Å². The molecule has 2 aliphatic rings. The minimum absolute atomic E-state index is 0.470. The highest BCUT2D eigenvalue weighted by molar-refractivity contribution is 7.88. The maximum absolute atomic E-state index is 11.5. The second-order valence-corrected chi connectivity index (χ2v) is 7.52. The molecule has 0 aromatic rings. The predicted molar refractivity (Wildman–Crippen MR) is 69.3 cm³/mol. The van der Waals surface area contributed by atoms with Crippen LogP contribution in [0.4, 0.5) is 0 Å². The van der Waals surface area contributed by atoms with Gasteiger partial charge < -0.3 is 5.32 Å². The van der Waals surface area contributed by atoms with Gasteiger partial charge in [0.25, 0.3) is 0 Å². The summed E-state index contributed by atoms with van der Waals surface area (Å²) < 4.78 is 24.7. The van der Waals surface area contributed by atoms with Crippen LogP contribution in [0.25, 0.3) is 0 Å². The molecule has 5 heteroatoms. The molecule has 0 aromatic heterocycles. The summed E-state index contributed by atoms with van der Waals surface area (Å²) in [4.78, 5) is 0. The molecule has 4 nitrogen and oxygen atoms in total. The number of hydrogen-bond donors (Lipinski definition) is 1. The van der Waals surface area contributed by atoms with Gasteiger partial charge in [-0.25, -0.2) is 12.7 Å². The van der Waals surface area contributed by atoms with Gasteiger partial charge >= 0.3 is 0 Å². The van der Waals surface area contributed by atoms with Gasteiger partial charge in [-0.05, 0) is 37.6 Å². The molecule has 0 radical (unpaired) electrons. The highest BCUT2D eigenvalue weighted by Crippen LogP contribution is 2.29. The SMILES string of the molecule is CC[C@H]1CN(S(C)(=O)=O)CC[C@H]1NCC1CC1. The van der Waals surface area contributed by atoms with Crippen LogP contribution in [0.3, 0.4) is 0 Å². The zero-order valence-electron chi connectivity index (χ0n) is 10.9. The smallest absolute Gasteiger partial charge is 0.211 e. The summed E-state index contributed by atoms with van der Waals surface area (Å²) in [5.74, 6) is 1.36. The van der Waals surface area contributed by atoms with Crippen LogP contribution < -0.4 is 5.32 Å². The molecule has 0 unspecified atom stereocenters. The third kappa shape index (κ3) is 3.66. The second-order valence-electron chi connectivity index (χ2n) is 5.54. The lowest BCUT2D eigenvalue weighted by atomic mass is 9.91. The number of hydrogen-bond acceptors (Lipinski definition) is 3. The summed E-state index contributed by atoms with van der Waals surface area (Å²) in [5, 5.41) is 3.64. The summed E-state index contributed by atoms with van der Waals surface area (Å²) in [5.41, 5.74) is 0. The van der Waals surface area contributed by atoms with Crippen molar-refractivity contribution in [3.63, 3.8) is 0 Å². The van der Waals surface area contributed by atoms with Gasteiger partial charge in [0.1, 0.15) is 0 Å². The Morgan fingerprint density at radius 3 is 2.53 bits per heavy atom. The minimum atomic E-state index is -3.01. The Hall–Kier alpha value is -0.130. The fourth-order valence-corrected chi connectivity index (χ4v) is 3.52. The minimum Gasteiger partial charge on any atom is -0.313 e. The molecule has 1 aliphatic carbocycles. The van der Waals surface area contributed by atoms with Crippen molar-refractivity contribution in [3.05, 3.63) is 0 Å².